The maximum atomic E-state index is 3.61. The molecule has 1 aromatic carbocycles. The minimum atomic E-state index is 1.22. The third-order valence-corrected chi connectivity index (χ3v) is 4.28. The van der Waals surface area contributed by atoms with E-state index in [2.05, 4.69) is 47.1 Å². The van der Waals surface area contributed by atoms with Crippen LogP contribution >= 0.6 is 15.9 Å². The second-order valence-electron chi connectivity index (χ2n) is 5.17. The summed E-state index contributed by atoms with van der Waals surface area (Å²) < 4.78 is 1.27. The van der Waals surface area contributed by atoms with Gasteiger partial charge >= 0.3 is 0 Å². The van der Waals surface area contributed by atoms with Gasteiger partial charge in [-0.2, -0.15) is 0 Å². The zero-order chi connectivity index (χ0) is 13.1. The predicted octanol–water partition coefficient (Wildman–Crippen LogP) is 6.52. The number of hydrogen-bond donors (Lipinski definition) is 0. The SMILES string of the molecule is CCCCCCCCCCCc1ccccc1Br. The largest absolute Gasteiger partial charge is 0.0654 e. The molecule has 0 fully saturated rings. The van der Waals surface area contributed by atoms with Crippen LogP contribution in [0, 0.1) is 0 Å². The first-order valence-corrected chi connectivity index (χ1v) is 8.37. The monoisotopic (exact) mass is 310 g/mol. The molecule has 0 saturated heterocycles. The van der Waals surface area contributed by atoms with Crippen molar-refractivity contribution in [2.24, 2.45) is 0 Å². The fraction of sp³-hybridized carbons (Fsp3) is 0.647. The molecule has 0 nitrogen and oxygen atoms in total. The summed E-state index contributed by atoms with van der Waals surface area (Å²) in [7, 11) is 0. The number of hydrogen-bond acceptors (Lipinski definition) is 0. The molecule has 0 aliphatic heterocycles. The van der Waals surface area contributed by atoms with E-state index in [1.165, 1.54) is 74.2 Å². The molecule has 0 N–H and O–H groups in total. The first-order valence-electron chi connectivity index (χ1n) is 7.58. The van der Waals surface area contributed by atoms with Crippen molar-refractivity contribution in [2.75, 3.05) is 0 Å². The Morgan fingerprint density at radius 2 is 1.33 bits per heavy atom. The van der Waals surface area contributed by atoms with Crippen LogP contribution < -0.4 is 0 Å². The molecule has 0 aliphatic rings. The van der Waals surface area contributed by atoms with Crippen molar-refractivity contribution in [2.45, 2.75) is 71.1 Å². The second kappa shape index (κ2) is 10.6. The highest BCUT2D eigenvalue weighted by atomic mass is 79.9. The van der Waals surface area contributed by atoms with E-state index < -0.39 is 0 Å². The Bertz CT molecular complexity index is 306. The smallest absolute Gasteiger partial charge is 0.0207 e. The lowest BCUT2D eigenvalue weighted by atomic mass is 10.0. The van der Waals surface area contributed by atoms with Crippen LogP contribution in [0.5, 0.6) is 0 Å². The maximum absolute atomic E-state index is 3.61. The van der Waals surface area contributed by atoms with Gasteiger partial charge in [-0.25, -0.2) is 0 Å². The van der Waals surface area contributed by atoms with Gasteiger partial charge in [0.25, 0.3) is 0 Å². The molecule has 0 radical (unpaired) electrons. The van der Waals surface area contributed by atoms with Crippen LogP contribution in [-0.2, 0) is 6.42 Å². The summed E-state index contributed by atoms with van der Waals surface area (Å²) in [4.78, 5) is 0. The number of rotatable bonds is 10. The van der Waals surface area contributed by atoms with Crippen LogP contribution in [-0.4, -0.2) is 0 Å². The molecule has 1 aromatic rings. The van der Waals surface area contributed by atoms with Crippen LogP contribution in [0.4, 0.5) is 0 Å². The van der Waals surface area contributed by atoms with Crippen LogP contribution in [0.1, 0.15) is 70.3 Å². The van der Waals surface area contributed by atoms with Crippen molar-refractivity contribution in [3.63, 3.8) is 0 Å². The summed E-state index contributed by atoms with van der Waals surface area (Å²) >= 11 is 3.61. The quantitative estimate of drug-likeness (QED) is 0.431. The van der Waals surface area contributed by atoms with Crippen molar-refractivity contribution in [3.8, 4) is 0 Å². The zero-order valence-electron chi connectivity index (χ0n) is 11.8. The zero-order valence-corrected chi connectivity index (χ0v) is 13.3. The van der Waals surface area contributed by atoms with E-state index in [4.69, 9.17) is 0 Å². The molecule has 0 aromatic heterocycles. The Morgan fingerprint density at radius 3 is 1.94 bits per heavy atom. The molecule has 0 aliphatic carbocycles. The number of halogens is 1. The lowest BCUT2D eigenvalue weighted by Gasteiger charge is -2.04. The van der Waals surface area contributed by atoms with Gasteiger partial charge in [0.2, 0.25) is 0 Å². The van der Waals surface area contributed by atoms with Gasteiger partial charge in [-0.1, -0.05) is 92.4 Å². The normalized spacial score (nSPS) is 10.8. The summed E-state index contributed by atoms with van der Waals surface area (Å²) in [5.74, 6) is 0. The Labute approximate surface area is 121 Å². The van der Waals surface area contributed by atoms with Gasteiger partial charge in [0.05, 0.1) is 0 Å². The van der Waals surface area contributed by atoms with Gasteiger partial charge in [-0.15, -0.1) is 0 Å². The van der Waals surface area contributed by atoms with E-state index in [1.54, 1.807) is 0 Å². The van der Waals surface area contributed by atoms with Crippen molar-refractivity contribution in [3.05, 3.63) is 34.3 Å². The molecule has 102 valence electrons. The van der Waals surface area contributed by atoms with E-state index >= 15 is 0 Å². The first kappa shape index (κ1) is 15.8. The Balaban J connectivity index is 1.94. The van der Waals surface area contributed by atoms with E-state index in [9.17, 15) is 0 Å². The van der Waals surface area contributed by atoms with E-state index in [1.807, 2.05) is 0 Å². The van der Waals surface area contributed by atoms with Crippen molar-refractivity contribution < 1.29 is 0 Å². The average Bonchev–Trinajstić information content (AvgIpc) is 2.39. The van der Waals surface area contributed by atoms with Crippen LogP contribution in [0.2, 0.25) is 0 Å². The van der Waals surface area contributed by atoms with Gasteiger partial charge in [0.1, 0.15) is 0 Å². The summed E-state index contributed by atoms with van der Waals surface area (Å²) in [6.07, 6.45) is 13.9. The minimum absolute atomic E-state index is 1.22. The van der Waals surface area contributed by atoms with Crippen LogP contribution in [0.15, 0.2) is 28.7 Å². The molecule has 0 bridgehead atoms. The highest BCUT2D eigenvalue weighted by Gasteiger charge is 1.98. The van der Waals surface area contributed by atoms with E-state index in [-0.39, 0.29) is 0 Å². The first-order chi connectivity index (χ1) is 8.84. The Kier molecular flexibility index (Phi) is 9.28. The highest BCUT2D eigenvalue weighted by molar-refractivity contribution is 9.10. The fourth-order valence-electron chi connectivity index (χ4n) is 2.33. The van der Waals surface area contributed by atoms with Crippen LogP contribution in [0.25, 0.3) is 0 Å². The average molecular weight is 311 g/mol. The molecule has 1 rings (SSSR count). The van der Waals surface area contributed by atoms with E-state index in [0.717, 1.165) is 0 Å². The van der Waals surface area contributed by atoms with Gasteiger partial charge in [0, 0.05) is 4.47 Å². The fourth-order valence-corrected chi connectivity index (χ4v) is 2.81. The predicted molar refractivity (Wildman–Crippen MR) is 85.1 cm³/mol. The summed E-state index contributed by atoms with van der Waals surface area (Å²) in [6.45, 7) is 2.28. The lowest BCUT2D eigenvalue weighted by molar-refractivity contribution is 0.564. The number of unbranched alkanes of at least 4 members (excludes halogenated alkanes) is 8. The maximum Gasteiger partial charge on any atom is 0.0207 e. The highest BCUT2D eigenvalue weighted by Crippen LogP contribution is 2.19. The summed E-state index contributed by atoms with van der Waals surface area (Å²) in [5, 5.41) is 0. The van der Waals surface area contributed by atoms with Gasteiger partial charge in [0.15, 0.2) is 0 Å². The topological polar surface area (TPSA) is 0 Å². The standard InChI is InChI=1S/C17H27Br/c1-2-3-4-5-6-7-8-9-10-13-16-14-11-12-15-17(16)18/h11-12,14-15H,2-10,13H2,1H3. The van der Waals surface area contributed by atoms with Crippen LogP contribution in [0.3, 0.4) is 0 Å². The molecule has 0 unspecified atom stereocenters. The third kappa shape index (κ3) is 7.20. The van der Waals surface area contributed by atoms with Crippen molar-refractivity contribution in [1.29, 1.82) is 0 Å². The molecule has 18 heavy (non-hydrogen) atoms. The molecule has 0 saturated carbocycles. The van der Waals surface area contributed by atoms with Gasteiger partial charge in [-0.05, 0) is 24.5 Å². The number of benzene rings is 1. The summed E-state index contributed by atoms with van der Waals surface area (Å²) in [5.41, 5.74) is 1.46. The molecular formula is C17H27Br. The molecular weight excluding hydrogens is 284 g/mol. The molecule has 0 heterocycles. The second-order valence-corrected chi connectivity index (χ2v) is 6.02. The van der Waals surface area contributed by atoms with Crippen molar-refractivity contribution >= 4 is 15.9 Å². The number of aryl methyl sites for hydroxylation is 1. The lowest BCUT2D eigenvalue weighted by Crippen LogP contribution is -1.87. The van der Waals surface area contributed by atoms with Gasteiger partial charge in [-0.3, -0.25) is 0 Å². The third-order valence-electron chi connectivity index (χ3n) is 3.51. The molecule has 0 spiro atoms. The summed E-state index contributed by atoms with van der Waals surface area (Å²) in [6, 6.07) is 8.59. The minimum Gasteiger partial charge on any atom is -0.0654 e. The Hall–Kier alpha value is -0.300. The molecule has 1 heteroatoms. The molecule has 0 amide bonds. The van der Waals surface area contributed by atoms with Gasteiger partial charge < -0.3 is 0 Å². The Morgan fingerprint density at radius 1 is 0.778 bits per heavy atom. The molecule has 0 atom stereocenters. The van der Waals surface area contributed by atoms with Crippen molar-refractivity contribution in [1.82, 2.24) is 0 Å². The van der Waals surface area contributed by atoms with E-state index in [0.29, 0.717) is 0 Å².